The standard InChI is InChI=1S/C27H30N2O4S.HI/c1-5-34-27(28-23-8-6-7-22(17-23)26(30)33-4)29(18-20-9-13-24(31-2)14-10-20)19-21-11-15-25(32-3)16-12-21;/h6-17H,5,18-19H2,1-4H3;1H. The van der Waals surface area contributed by atoms with Crippen molar-refractivity contribution >= 4 is 52.6 Å². The third-order valence-corrected chi connectivity index (χ3v) is 6.00. The molecule has 0 heterocycles. The number of carbonyl (C=O) groups excluding carboxylic acids is 1. The predicted octanol–water partition coefficient (Wildman–Crippen LogP) is 6.55. The van der Waals surface area contributed by atoms with Crippen molar-refractivity contribution in [2.75, 3.05) is 27.1 Å². The third kappa shape index (κ3) is 8.47. The number of nitrogens with zero attached hydrogens (tertiary/aromatic N) is 2. The van der Waals surface area contributed by atoms with Gasteiger partial charge in [-0.05, 0) is 59.3 Å². The summed E-state index contributed by atoms with van der Waals surface area (Å²) in [5, 5.41) is 0.871. The Hall–Kier alpha value is -2.72. The Morgan fingerprint density at radius 3 is 1.86 bits per heavy atom. The Morgan fingerprint density at radius 2 is 1.40 bits per heavy atom. The molecule has 35 heavy (non-hydrogen) atoms. The average molecular weight is 607 g/mol. The monoisotopic (exact) mass is 606 g/mol. The number of amidine groups is 1. The average Bonchev–Trinajstić information content (AvgIpc) is 2.88. The second-order valence-electron chi connectivity index (χ2n) is 7.42. The van der Waals surface area contributed by atoms with Gasteiger partial charge in [-0.3, -0.25) is 0 Å². The van der Waals surface area contributed by atoms with Crippen molar-refractivity contribution in [2.45, 2.75) is 20.0 Å². The second-order valence-corrected chi connectivity index (χ2v) is 8.65. The van der Waals surface area contributed by atoms with Crippen LogP contribution in [0.3, 0.4) is 0 Å². The highest BCUT2D eigenvalue weighted by molar-refractivity contribution is 14.0. The second kappa shape index (κ2) is 14.6. The zero-order valence-electron chi connectivity index (χ0n) is 20.4. The Labute approximate surface area is 228 Å². The number of carbonyl (C=O) groups is 1. The Kier molecular flexibility index (Phi) is 11.9. The molecule has 0 aromatic heterocycles. The lowest BCUT2D eigenvalue weighted by molar-refractivity contribution is 0.0600. The minimum absolute atomic E-state index is 0. The fourth-order valence-electron chi connectivity index (χ4n) is 3.35. The molecule has 6 nitrogen and oxygen atoms in total. The van der Waals surface area contributed by atoms with E-state index in [-0.39, 0.29) is 29.9 Å². The van der Waals surface area contributed by atoms with Crippen molar-refractivity contribution in [1.29, 1.82) is 0 Å². The first kappa shape index (κ1) is 28.5. The minimum atomic E-state index is -0.380. The van der Waals surface area contributed by atoms with Crippen molar-refractivity contribution in [2.24, 2.45) is 4.99 Å². The van der Waals surface area contributed by atoms with Crippen LogP contribution in [0, 0.1) is 0 Å². The van der Waals surface area contributed by atoms with E-state index in [9.17, 15) is 4.79 Å². The molecule has 0 fully saturated rings. The van der Waals surface area contributed by atoms with Crippen molar-refractivity contribution < 1.29 is 19.0 Å². The van der Waals surface area contributed by atoms with Crippen LogP contribution in [0.5, 0.6) is 11.5 Å². The lowest BCUT2D eigenvalue weighted by Gasteiger charge is -2.26. The van der Waals surface area contributed by atoms with Gasteiger partial charge in [0.25, 0.3) is 0 Å². The first-order chi connectivity index (χ1) is 16.6. The van der Waals surface area contributed by atoms with Gasteiger partial charge in [0.05, 0.1) is 32.6 Å². The summed E-state index contributed by atoms with van der Waals surface area (Å²) in [6.45, 7) is 3.43. The first-order valence-corrected chi connectivity index (χ1v) is 12.0. The highest BCUT2D eigenvalue weighted by Gasteiger charge is 2.15. The molecule has 0 saturated carbocycles. The summed E-state index contributed by atoms with van der Waals surface area (Å²) in [5.41, 5.74) is 3.46. The number of ether oxygens (including phenoxy) is 3. The molecule has 3 rings (SSSR count). The van der Waals surface area contributed by atoms with Crippen molar-refractivity contribution in [3.05, 3.63) is 89.5 Å². The maximum Gasteiger partial charge on any atom is 0.337 e. The maximum atomic E-state index is 12.0. The molecule has 0 atom stereocenters. The van der Waals surface area contributed by atoms with Crippen LogP contribution in [0.15, 0.2) is 77.8 Å². The minimum Gasteiger partial charge on any atom is -0.497 e. The number of aliphatic imine (C=N–C) groups is 1. The number of halogens is 1. The van der Waals surface area contributed by atoms with Gasteiger partial charge >= 0.3 is 5.97 Å². The van der Waals surface area contributed by atoms with Gasteiger partial charge in [-0.2, -0.15) is 0 Å². The molecular formula is C27H31IN2O4S. The van der Waals surface area contributed by atoms with Gasteiger partial charge in [-0.15, -0.1) is 24.0 Å². The van der Waals surface area contributed by atoms with Crippen LogP contribution in [-0.4, -0.2) is 43.1 Å². The number of hydrogen-bond acceptors (Lipinski definition) is 6. The van der Waals surface area contributed by atoms with Gasteiger partial charge in [0.2, 0.25) is 0 Å². The smallest absolute Gasteiger partial charge is 0.337 e. The molecule has 8 heteroatoms. The van der Waals surface area contributed by atoms with E-state index in [1.165, 1.54) is 7.11 Å². The molecule has 0 aliphatic rings. The molecule has 0 unspecified atom stereocenters. The van der Waals surface area contributed by atoms with Gasteiger partial charge in [-0.1, -0.05) is 49.0 Å². The fourth-order valence-corrected chi connectivity index (χ4v) is 4.09. The molecule has 186 valence electrons. The summed E-state index contributed by atoms with van der Waals surface area (Å²) < 4.78 is 15.5. The highest BCUT2D eigenvalue weighted by Crippen LogP contribution is 2.24. The SMILES string of the molecule is CCSC(=Nc1cccc(C(=O)OC)c1)N(Cc1ccc(OC)cc1)Cc1ccc(OC)cc1.I. The summed E-state index contributed by atoms with van der Waals surface area (Å²) in [6.07, 6.45) is 0. The molecule has 0 spiro atoms. The van der Waals surface area contributed by atoms with E-state index in [0.29, 0.717) is 24.3 Å². The first-order valence-electron chi connectivity index (χ1n) is 11.0. The summed E-state index contributed by atoms with van der Waals surface area (Å²) in [5.74, 6) is 2.12. The molecule has 3 aromatic carbocycles. The van der Waals surface area contributed by atoms with E-state index in [2.05, 4.69) is 36.1 Å². The van der Waals surface area contributed by atoms with Crippen LogP contribution in [-0.2, 0) is 17.8 Å². The molecular weight excluding hydrogens is 575 g/mol. The number of esters is 1. The van der Waals surface area contributed by atoms with Crippen molar-refractivity contribution in [1.82, 2.24) is 4.90 Å². The molecule has 0 radical (unpaired) electrons. The van der Waals surface area contributed by atoms with Crippen molar-refractivity contribution in [3.8, 4) is 11.5 Å². The Balaban J connectivity index is 0.00000432. The summed E-state index contributed by atoms with van der Waals surface area (Å²) in [6, 6.07) is 23.3. The van der Waals surface area contributed by atoms with E-state index in [0.717, 1.165) is 33.5 Å². The van der Waals surface area contributed by atoms with Gasteiger partial charge in [0.1, 0.15) is 11.5 Å². The summed E-state index contributed by atoms with van der Waals surface area (Å²) in [7, 11) is 4.70. The molecule has 0 aliphatic carbocycles. The summed E-state index contributed by atoms with van der Waals surface area (Å²) in [4.78, 5) is 19.2. The lowest BCUT2D eigenvalue weighted by atomic mass is 10.1. The Morgan fingerprint density at radius 1 is 0.857 bits per heavy atom. The van der Waals surface area contributed by atoms with E-state index < -0.39 is 0 Å². The number of hydrogen-bond donors (Lipinski definition) is 0. The van der Waals surface area contributed by atoms with Gasteiger partial charge < -0.3 is 19.1 Å². The summed E-state index contributed by atoms with van der Waals surface area (Å²) >= 11 is 1.66. The number of rotatable bonds is 9. The van der Waals surface area contributed by atoms with Crippen LogP contribution in [0.4, 0.5) is 5.69 Å². The van der Waals surface area contributed by atoms with Gasteiger partial charge in [-0.25, -0.2) is 9.79 Å². The van der Waals surface area contributed by atoms with Crippen molar-refractivity contribution in [3.63, 3.8) is 0 Å². The van der Waals surface area contributed by atoms with E-state index in [1.807, 2.05) is 36.4 Å². The topological polar surface area (TPSA) is 60.4 Å². The van der Waals surface area contributed by atoms with Crippen LogP contribution < -0.4 is 9.47 Å². The van der Waals surface area contributed by atoms with E-state index >= 15 is 0 Å². The van der Waals surface area contributed by atoms with Gasteiger partial charge in [0, 0.05) is 13.1 Å². The van der Waals surface area contributed by atoms with Crippen LogP contribution in [0.25, 0.3) is 0 Å². The molecule has 0 bridgehead atoms. The largest absolute Gasteiger partial charge is 0.497 e. The maximum absolute atomic E-state index is 12.0. The third-order valence-electron chi connectivity index (χ3n) is 5.10. The molecule has 0 aliphatic heterocycles. The molecule has 0 amide bonds. The van der Waals surface area contributed by atoms with Crippen LogP contribution in [0.1, 0.15) is 28.4 Å². The highest BCUT2D eigenvalue weighted by atomic mass is 127. The molecule has 3 aromatic rings. The normalized spacial score (nSPS) is 10.8. The number of thioether (sulfide) groups is 1. The number of benzene rings is 3. The zero-order valence-corrected chi connectivity index (χ0v) is 23.5. The van der Waals surface area contributed by atoms with E-state index in [1.54, 1.807) is 38.1 Å². The number of methoxy groups -OCH3 is 3. The zero-order chi connectivity index (χ0) is 24.3. The fraction of sp³-hybridized carbons (Fsp3) is 0.259. The van der Waals surface area contributed by atoms with Gasteiger partial charge in [0.15, 0.2) is 5.17 Å². The predicted molar refractivity (Wildman–Crippen MR) is 154 cm³/mol. The molecule has 0 N–H and O–H groups in total. The Bertz CT molecular complexity index is 1060. The quantitative estimate of drug-likeness (QED) is 0.119. The van der Waals surface area contributed by atoms with E-state index in [4.69, 9.17) is 19.2 Å². The van der Waals surface area contributed by atoms with Crippen LogP contribution >= 0.6 is 35.7 Å². The van der Waals surface area contributed by atoms with Crippen LogP contribution in [0.2, 0.25) is 0 Å². The lowest BCUT2D eigenvalue weighted by Crippen LogP contribution is -2.28. The molecule has 0 saturated heterocycles.